The fourth-order valence-electron chi connectivity index (χ4n) is 3.45. The van der Waals surface area contributed by atoms with Crippen LogP contribution in [0.4, 0.5) is 17.2 Å². The van der Waals surface area contributed by atoms with Crippen molar-refractivity contribution in [3.8, 4) is 0 Å². The van der Waals surface area contributed by atoms with E-state index >= 15 is 0 Å². The standard InChI is InChI=1S/C23H24N4S/c1-17-8-10-18(11-9-17)15-25-23(28)26-20-12-13-22(24-16-20)27-14-4-6-19-5-2-3-7-21(19)27/h2-3,5,7-13,16H,4,6,14-15H2,1H3,(H2,25,26,28). The number of thiocarbonyl (C=S) groups is 1. The van der Waals surface area contributed by atoms with Gasteiger partial charge in [-0.1, -0.05) is 48.0 Å². The minimum atomic E-state index is 0.596. The maximum absolute atomic E-state index is 5.41. The van der Waals surface area contributed by atoms with E-state index in [9.17, 15) is 0 Å². The van der Waals surface area contributed by atoms with Gasteiger partial charge < -0.3 is 15.5 Å². The molecule has 0 radical (unpaired) electrons. The van der Waals surface area contributed by atoms with Crippen molar-refractivity contribution in [1.82, 2.24) is 10.3 Å². The molecule has 1 aliphatic rings. The first kappa shape index (κ1) is 18.4. The van der Waals surface area contributed by atoms with Crippen LogP contribution in [0, 0.1) is 6.92 Å². The second-order valence-corrected chi connectivity index (χ2v) is 7.49. The summed E-state index contributed by atoms with van der Waals surface area (Å²) >= 11 is 5.41. The molecular weight excluding hydrogens is 364 g/mol. The number of nitrogens with one attached hydrogen (secondary N) is 2. The first-order valence-electron chi connectivity index (χ1n) is 9.61. The highest BCUT2D eigenvalue weighted by atomic mass is 32.1. The second kappa shape index (κ2) is 8.40. The number of rotatable bonds is 4. The van der Waals surface area contributed by atoms with Gasteiger partial charge in [0.25, 0.3) is 0 Å². The van der Waals surface area contributed by atoms with Gasteiger partial charge in [-0.3, -0.25) is 0 Å². The number of fused-ring (bicyclic) bond motifs is 1. The molecule has 2 heterocycles. The SMILES string of the molecule is Cc1ccc(CNC(=S)Nc2ccc(N3CCCc4ccccc43)nc2)cc1. The van der Waals surface area contributed by atoms with Crippen molar-refractivity contribution in [2.75, 3.05) is 16.8 Å². The van der Waals surface area contributed by atoms with Crippen molar-refractivity contribution in [3.63, 3.8) is 0 Å². The number of anilines is 3. The number of aromatic nitrogens is 1. The molecule has 0 unspecified atom stereocenters. The molecule has 3 aromatic rings. The van der Waals surface area contributed by atoms with E-state index in [4.69, 9.17) is 12.2 Å². The van der Waals surface area contributed by atoms with Gasteiger partial charge in [0.15, 0.2) is 5.11 Å². The maximum Gasteiger partial charge on any atom is 0.171 e. The largest absolute Gasteiger partial charge is 0.358 e. The Kier molecular flexibility index (Phi) is 5.53. The molecule has 0 spiro atoms. The summed E-state index contributed by atoms with van der Waals surface area (Å²) in [5.74, 6) is 0.969. The molecule has 1 aliphatic heterocycles. The van der Waals surface area contributed by atoms with E-state index in [0.717, 1.165) is 30.9 Å². The molecule has 0 saturated heterocycles. The summed E-state index contributed by atoms with van der Waals surface area (Å²) in [5, 5.41) is 7.05. The summed E-state index contributed by atoms with van der Waals surface area (Å²) in [7, 11) is 0. The van der Waals surface area contributed by atoms with Gasteiger partial charge in [0.1, 0.15) is 5.82 Å². The smallest absolute Gasteiger partial charge is 0.171 e. The van der Waals surface area contributed by atoms with E-state index in [1.165, 1.54) is 22.4 Å². The van der Waals surface area contributed by atoms with Crippen LogP contribution in [0.5, 0.6) is 0 Å². The molecule has 0 aliphatic carbocycles. The van der Waals surface area contributed by atoms with Gasteiger partial charge in [-0.2, -0.15) is 0 Å². The van der Waals surface area contributed by atoms with Crippen molar-refractivity contribution in [3.05, 3.63) is 83.6 Å². The highest BCUT2D eigenvalue weighted by molar-refractivity contribution is 7.80. The summed E-state index contributed by atoms with van der Waals surface area (Å²) < 4.78 is 0. The van der Waals surface area contributed by atoms with Gasteiger partial charge >= 0.3 is 0 Å². The predicted molar refractivity (Wildman–Crippen MR) is 120 cm³/mol. The van der Waals surface area contributed by atoms with Crippen molar-refractivity contribution >= 4 is 34.5 Å². The van der Waals surface area contributed by atoms with Gasteiger partial charge in [-0.15, -0.1) is 0 Å². The third-order valence-corrected chi connectivity index (χ3v) is 5.21. The number of hydrogen-bond donors (Lipinski definition) is 2. The predicted octanol–water partition coefficient (Wildman–Crippen LogP) is 4.96. The lowest BCUT2D eigenvalue weighted by atomic mass is 10.0. The fourth-order valence-corrected chi connectivity index (χ4v) is 3.64. The number of benzene rings is 2. The lowest BCUT2D eigenvalue weighted by Crippen LogP contribution is -2.28. The molecule has 2 aromatic carbocycles. The molecule has 2 N–H and O–H groups in total. The number of nitrogens with zero attached hydrogens (tertiary/aromatic N) is 2. The molecule has 28 heavy (non-hydrogen) atoms. The van der Waals surface area contributed by atoms with Crippen LogP contribution in [0.25, 0.3) is 0 Å². The molecule has 0 amide bonds. The lowest BCUT2D eigenvalue weighted by molar-refractivity contribution is 0.760. The summed E-state index contributed by atoms with van der Waals surface area (Å²) in [6.07, 6.45) is 4.12. The Balaban J connectivity index is 1.37. The Hall–Kier alpha value is -2.92. The molecule has 5 heteroatoms. The zero-order valence-corrected chi connectivity index (χ0v) is 16.8. The topological polar surface area (TPSA) is 40.2 Å². The van der Waals surface area contributed by atoms with Crippen molar-refractivity contribution in [2.24, 2.45) is 0 Å². The monoisotopic (exact) mass is 388 g/mol. The highest BCUT2D eigenvalue weighted by Crippen LogP contribution is 2.32. The number of hydrogen-bond acceptors (Lipinski definition) is 3. The summed E-state index contributed by atoms with van der Waals surface area (Å²) in [5.41, 5.74) is 5.99. The number of pyridine rings is 1. The van der Waals surface area contributed by atoms with Crippen molar-refractivity contribution in [1.29, 1.82) is 0 Å². The van der Waals surface area contributed by atoms with E-state index in [2.05, 4.69) is 76.0 Å². The van der Waals surface area contributed by atoms with E-state index in [1.807, 2.05) is 18.3 Å². The normalized spacial score (nSPS) is 13.0. The molecule has 0 saturated carbocycles. The Morgan fingerprint density at radius 3 is 2.68 bits per heavy atom. The quantitative estimate of drug-likeness (QED) is 0.618. The highest BCUT2D eigenvalue weighted by Gasteiger charge is 2.18. The van der Waals surface area contributed by atoms with Gasteiger partial charge in [0.2, 0.25) is 0 Å². The Morgan fingerprint density at radius 1 is 1.07 bits per heavy atom. The fraction of sp³-hybridized carbons (Fsp3) is 0.217. The third-order valence-electron chi connectivity index (χ3n) is 4.97. The first-order valence-corrected chi connectivity index (χ1v) is 10.0. The minimum absolute atomic E-state index is 0.596. The van der Waals surface area contributed by atoms with Gasteiger partial charge in [-0.05, 0) is 61.3 Å². The Bertz CT molecular complexity index is 951. The van der Waals surface area contributed by atoms with E-state index in [1.54, 1.807) is 0 Å². The molecule has 0 bridgehead atoms. The van der Waals surface area contributed by atoms with Crippen LogP contribution >= 0.6 is 12.2 Å². The van der Waals surface area contributed by atoms with Crippen LogP contribution in [0.3, 0.4) is 0 Å². The third kappa shape index (κ3) is 4.31. The molecule has 4 nitrogen and oxygen atoms in total. The van der Waals surface area contributed by atoms with E-state index in [0.29, 0.717) is 11.7 Å². The Morgan fingerprint density at radius 2 is 1.89 bits per heavy atom. The first-order chi connectivity index (χ1) is 13.7. The van der Waals surface area contributed by atoms with E-state index < -0.39 is 0 Å². The van der Waals surface area contributed by atoms with Crippen molar-refractivity contribution in [2.45, 2.75) is 26.3 Å². The average molecular weight is 389 g/mol. The van der Waals surface area contributed by atoms with Crippen LogP contribution < -0.4 is 15.5 Å². The van der Waals surface area contributed by atoms with Gasteiger partial charge in [0, 0.05) is 18.8 Å². The minimum Gasteiger partial charge on any atom is -0.358 e. The van der Waals surface area contributed by atoms with Crippen LogP contribution in [0.2, 0.25) is 0 Å². The maximum atomic E-state index is 5.41. The second-order valence-electron chi connectivity index (χ2n) is 7.08. The van der Waals surface area contributed by atoms with Crippen LogP contribution in [-0.2, 0) is 13.0 Å². The zero-order chi connectivity index (χ0) is 19.3. The molecular formula is C23H24N4S. The summed E-state index contributed by atoms with van der Waals surface area (Å²) in [6, 6.07) is 21.1. The zero-order valence-electron chi connectivity index (χ0n) is 16.0. The molecule has 0 fully saturated rings. The van der Waals surface area contributed by atoms with E-state index in [-0.39, 0.29) is 0 Å². The van der Waals surface area contributed by atoms with Crippen LogP contribution in [-0.4, -0.2) is 16.6 Å². The Labute approximate surface area is 171 Å². The van der Waals surface area contributed by atoms with Crippen LogP contribution in [0.15, 0.2) is 66.9 Å². The summed E-state index contributed by atoms with van der Waals surface area (Å²) in [6.45, 7) is 3.78. The number of aryl methyl sites for hydroxylation is 2. The average Bonchev–Trinajstić information content (AvgIpc) is 2.73. The molecule has 142 valence electrons. The molecule has 0 atom stereocenters. The van der Waals surface area contributed by atoms with Gasteiger partial charge in [0.05, 0.1) is 11.9 Å². The van der Waals surface area contributed by atoms with Gasteiger partial charge in [-0.25, -0.2) is 4.98 Å². The van der Waals surface area contributed by atoms with Crippen LogP contribution in [0.1, 0.15) is 23.1 Å². The number of para-hydroxylation sites is 1. The lowest BCUT2D eigenvalue weighted by Gasteiger charge is -2.30. The molecule has 1 aromatic heterocycles. The summed E-state index contributed by atoms with van der Waals surface area (Å²) in [4.78, 5) is 6.95. The molecule has 4 rings (SSSR count). The van der Waals surface area contributed by atoms with Crippen molar-refractivity contribution < 1.29 is 0 Å².